The molecular formula is C17H30IN3O4S. The van der Waals surface area contributed by atoms with Crippen LogP contribution in [0, 0.1) is 0 Å². The number of guanidine groups is 1. The third kappa shape index (κ3) is 7.98. The molecule has 0 aliphatic rings. The van der Waals surface area contributed by atoms with Gasteiger partial charge in [-0.25, -0.2) is 8.42 Å². The van der Waals surface area contributed by atoms with Crippen molar-refractivity contribution in [2.45, 2.75) is 31.6 Å². The third-order valence-corrected chi connectivity index (χ3v) is 6.00. The molecule has 9 heteroatoms. The molecule has 26 heavy (non-hydrogen) atoms. The van der Waals surface area contributed by atoms with E-state index in [1.165, 1.54) is 6.26 Å². The summed E-state index contributed by atoms with van der Waals surface area (Å²) in [6.07, 6.45) is 1.11. The summed E-state index contributed by atoms with van der Waals surface area (Å²) in [5.41, 5.74) is 0. The van der Waals surface area contributed by atoms with Crippen LogP contribution in [0.2, 0.25) is 0 Å². The van der Waals surface area contributed by atoms with Gasteiger partial charge in [-0.3, -0.25) is 4.99 Å². The SMILES string of the molecule is CN=C(NCC(C)Oc1cccc(OC)c1)NCC(C)(C)S(C)(=O)=O.I. The van der Waals surface area contributed by atoms with Gasteiger partial charge < -0.3 is 20.1 Å². The van der Waals surface area contributed by atoms with E-state index < -0.39 is 14.6 Å². The van der Waals surface area contributed by atoms with Gasteiger partial charge in [-0.1, -0.05) is 6.07 Å². The second-order valence-corrected chi connectivity index (χ2v) is 9.10. The van der Waals surface area contributed by atoms with E-state index in [4.69, 9.17) is 9.47 Å². The van der Waals surface area contributed by atoms with Crippen molar-refractivity contribution in [3.63, 3.8) is 0 Å². The van der Waals surface area contributed by atoms with Gasteiger partial charge in [-0.2, -0.15) is 0 Å². The molecule has 0 aromatic heterocycles. The highest BCUT2D eigenvalue weighted by atomic mass is 127. The summed E-state index contributed by atoms with van der Waals surface area (Å²) >= 11 is 0. The van der Waals surface area contributed by atoms with E-state index in [-0.39, 0.29) is 36.6 Å². The van der Waals surface area contributed by atoms with Crippen molar-refractivity contribution in [3.05, 3.63) is 24.3 Å². The molecule has 0 amide bonds. The quantitative estimate of drug-likeness (QED) is 0.324. The summed E-state index contributed by atoms with van der Waals surface area (Å²) < 4.78 is 33.6. The summed E-state index contributed by atoms with van der Waals surface area (Å²) in [5.74, 6) is 1.98. The van der Waals surface area contributed by atoms with Gasteiger partial charge >= 0.3 is 0 Å². The van der Waals surface area contributed by atoms with Crippen LogP contribution in [-0.4, -0.2) is 58.7 Å². The normalized spacial score (nSPS) is 13.4. The Hall–Kier alpha value is -1.23. The zero-order valence-electron chi connectivity index (χ0n) is 16.2. The minimum absolute atomic E-state index is 0. The van der Waals surface area contributed by atoms with Crippen LogP contribution in [0.1, 0.15) is 20.8 Å². The molecule has 1 aromatic rings. The van der Waals surface area contributed by atoms with E-state index in [2.05, 4.69) is 15.6 Å². The molecule has 150 valence electrons. The van der Waals surface area contributed by atoms with Crippen LogP contribution < -0.4 is 20.1 Å². The fraction of sp³-hybridized carbons (Fsp3) is 0.588. The van der Waals surface area contributed by atoms with Crippen molar-refractivity contribution in [2.75, 3.05) is 33.5 Å². The molecule has 0 saturated carbocycles. The standard InChI is InChI=1S/C17H29N3O4S.HI/c1-13(24-15-9-7-8-14(10-15)23-5)11-19-16(18-4)20-12-17(2,3)25(6,21)22;/h7-10,13H,11-12H2,1-6H3,(H2,18,19,20);1H. The Balaban J connectivity index is 0.00000625. The lowest BCUT2D eigenvalue weighted by Crippen LogP contribution is -2.49. The van der Waals surface area contributed by atoms with Crippen LogP contribution in [0.15, 0.2) is 29.3 Å². The van der Waals surface area contributed by atoms with Gasteiger partial charge in [0.15, 0.2) is 15.8 Å². The number of nitrogens with one attached hydrogen (secondary N) is 2. The van der Waals surface area contributed by atoms with Crippen LogP contribution in [0.25, 0.3) is 0 Å². The molecule has 0 bridgehead atoms. The average molecular weight is 499 g/mol. The van der Waals surface area contributed by atoms with Crippen molar-refractivity contribution >= 4 is 39.8 Å². The molecule has 0 spiro atoms. The third-order valence-electron chi connectivity index (χ3n) is 3.84. The van der Waals surface area contributed by atoms with E-state index in [0.717, 1.165) is 11.5 Å². The number of sulfone groups is 1. The summed E-state index contributed by atoms with van der Waals surface area (Å²) in [4.78, 5) is 4.10. The van der Waals surface area contributed by atoms with Crippen molar-refractivity contribution in [3.8, 4) is 11.5 Å². The Morgan fingerprint density at radius 1 is 1.27 bits per heavy atom. The van der Waals surface area contributed by atoms with E-state index in [1.54, 1.807) is 28.0 Å². The molecule has 2 N–H and O–H groups in total. The van der Waals surface area contributed by atoms with Crippen LogP contribution in [0.5, 0.6) is 11.5 Å². The second kappa shape index (κ2) is 10.8. The first-order valence-electron chi connectivity index (χ1n) is 8.04. The van der Waals surface area contributed by atoms with E-state index in [0.29, 0.717) is 12.5 Å². The number of nitrogens with zero attached hydrogens (tertiary/aromatic N) is 1. The summed E-state index contributed by atoms with van der Waals surface area (Å²) in [7, 11) is 0.0775. The predicted molar refractivity (Wildman–Crippen MR) is 117 cm³/mol. The summed E-state index contributed by atoms with van der Waals surface area (Å²) in [6, 6.07) is 7.39. The van der Waals surface area contributed by atoms with Gasteiger partial charge in [0.2, 0.25) is 0 Å². The molecule has 0 fully saturated rings. The summed E-state index contributed by atoms with van der Waals surface area (Å²) in [6.45, 7) is 6.06. The average Bonchev–Trinajstić information content (AvgIpc) is 2.54. The largest absolute Gasteiger partial charge is 0.497 e. The topological polar surface area (TPSA) is 89.0 Å². The second-order valence-electron chi connectivity index (χ2n) is 6.45. The zero-order chi connectivity index (χ0) is 19.1. The lowest BCUT2D eigenvalue weighted by Gasteiger charge is -2.24. The van der Waals surface area contributed by atoms with Crippen LogP contribution in [0.3, 0.4) is 0 Å². The first-order chi connectivity index (χ1) is 11.6. The molecule has 0 aliphatic heterocycles. The van der Waals surface area contributed by atoms with Crippen LogP contribution in [-0.2, 0) is 9.84 Å². The molecule has 1 atom stereocenters. The van der Waals surface area contributed by atoms with Gasteiger partial charge in [0, 0.05) is 25.9 Å². The van der Waals surface area contributed by atoms with Crippen molar-refractivity contribution in [2.24, 2.45) is 4.99 Å². The Kier molecular flexibility index (Phi) is 10.3. The molecule has 0 heterocycles. The number of hydrogen-bond donors (Lipinski definition) is 2. The maximum absolute atomic E-state index is 11.7. The van der Waals surface area contributed by atoms with Gasteiger partial charge in [-0.05, 0) is 32.9 Å². The highest BCUT2D eigenvalue weighted by Gasteiger charge is 2.30. The number of halogens is 1. The smallest absolute Gasteiger partial charge is 0.191 e. The van der Waals surface area contributed by atoms with Gasteiger partial charge in [0.25, 0.3) is 0 Å². The minimum Gasteiger partial charge on any atom is -0.497 e. The maximum atomic E-state index is 11.7. The molecule has 0 aliphatic carbocycles. The molecule has 1 aromatic carbocycles. The van der Waals surface area contributed by atoms with Gasteiger partial charge in [0.1, 0.15) is 17.6 Å². The molecule has 1 unspecified atom stereocenters. The van der Waals surface area contributed by atoms with E-state index in [9.17, 15) is 8.42 Å². The van der Waals surface area contributed by atoms with Crippen molar-refractivity contribution in [1.29, 1.82) is 0 Å². The Morgan fingerprint density at radius 2 is 1.88 bits per heavy atom. The number of rotatable bonds is 8. The van der Waals surface area contributed by atoms with Crippen molar-refractivity contribution < 1.29 is 17.9 Å². The Morgan fingerprint density at radius 3 is 2.42 bits per heavy atom. The molecule has 0 saturated heterocycles. The molecule has 7 nitrogen and oxygen atoms in total. The number of ether oxygens (including phenoxy) is 2. The minimum atomic E-state index is -3.17. The monoisotopic (exact) mass is 499 g/mol. The van der Waals surface area contributed by atoms with Crippen LogP contribution in [0.4, 0.5) is 0 Å². The van der Waals surface area contributed by atoms with E-state index in [1.807, 2.05) is 31.2 Å². The highest BCUT2D eigenvalue weighted by molar-refractivity contribution is 14.0. The Bertz CT molecular complexity index is 693. The fourth-order valence-corrected chi connectivity index (χ4v) is 2.17. The van der Waals surface area contributed by atoms with Crippen LogP contribution >= 0.6 is 24.0 Å². The van der Waals surface area contributed by atoms with E-state index >= 15 is 0 Å². The summed E-state index contributed by atoms with van der Waals surface area (Å²) in [5, 5.41) is 6.17. The number of methoxy groups -OCH3 is 1. The lowest BCUT2D eigenvalue weighted by molar-refractivity contribution is 0.223. The molecule has 1 rings (SSSR count). The highest BCUT2D eigenvalue weighted by Crippen LogP contribution is 2.19. The zero-order valence-corrected chi connectivity index (χ0v) is 19.3. The lowest BCUT2D eigenvalue weighted by atomic mass is 10.2. The first-order valence-corrected chi connectivity index (χ1v) is 9.93. The molecule has 0 radical (unpaired) electrons. The maximum Gasteiger partial charge on any atom is 0.191 e. The van der Waals surface area contributed by atoms with Gasteiger partial charge in [-0.15, -0.1) is 24.0 Å². The van der Waals surface area contributed by atoms with Gasteiger partial charge in [0.05, 0.1) is 18.4 Å². The van der Waals surface area contributed by atoms with Crippen molar-refractivity contribution in [1.82, 2.24) is 10.6 Å². The Labute approximate surface area is 173 Å². The fourth-order valence-electron chi connectivity index (χ4n) is 1.84. The molecular weight excluding hydrogens is 469 g/mol. The number of hydrogen-bond acceptors (Lipinski definition) is 5. The first kappa shape index (κ1) is 24.8. The number of aliphatic imine (C=N–C) groups is 1. The predicted octanol–water partition coefficient (Wildman–Crippen LogP) is 2.07. The number of benzene rings is 1.